The Morgan fingerprint density at radius 1 is 1.28 bits per heavy atom. The first kappa shape index (κ1) is 18.7. The summed E-state index contributed by atoms with van der Waals surface area (Å²) in [6.45, 7) is 0.388. The van der Waals surface area contributed by atoms with Crippen LogP contribution in [-0.2, 0) is 11.3 Å². The van der Waals surface area contributed by atoms with Gasteiger partial charge in [0.05, 0.1) is 12.8 Å². The smallest absolute Gasteiger partial charge is 0.267 e. The number of amides is 1. The van der Waals surface area contributed by atoms with Crippen molar-refractivity contribution in [2.75, 3.05) is 12.4 Å². The average molecular weight is 376 g/mol. The van der Waals surface area contributed by atoms with E-state index in [2.05, 4.69) is 10.6 Å². The molecule has 0 unspecified atom stereocenters. The quantitative estimate of drug-likeness (QED) is 0.587. The number of nitrogens with one attached hydrogen (secondary N) is 2. The highest BCUT2D eigenvalue weighted by atomic mass is 35.5. The number of benzene rings is 2. The molecule has 0 aliphatic heterocycles. The Labute approximate surface area is 155 Å². The van der Waals surface area contributed by atoms with Crippen molar-refractivity contribution in [1.82, 2.24) is 5.32 Å². The summed E-state index contributed by atoms with van der Waals surface area (Å²) in [5, 5.41) is 15.8. The van der Waals surface area contributed by atoms with Crippen molar-refractivity contribution < 1.29 is 9.53 Å². The molecule has 2 N–H and O–H groups in total. The molecule has 5 nitrogen and oxygen atoms in total. The highest BCUT2D eigenvalue weighted by Gasteiger charge is 2.12. The Morgan fingerprint density at radius 3 is 2.72 bits per heavy atom. The molecule has 0 saturated carbocycles. The predicted octanol–water partition coefficient (Wildman–Crippen LogP) is 4.14. The molecule has 0 spiro atoms. The second-order valence-electron chi connectivity index (χ2n) is 4.94. The van der Waals surface area contributed by atoms with Gasteiger partial charge in [0.15, 0.2) is 0 Å². The topological polar surface area (TPSA) is 74.1 Å². The average Bonchev–Trinajstić information content (AvgIpc) is 2.60. The SMILES string of the molecule is COc1ccc(Cl)cc1NC(=O)/C(C#N)=C\NCc1ccccc1Cl. The van der Waals surface area contributed by atoms with Crippen molar-refractivity contribution in [3.63, 3.8) is 0 Å². The van der Waals surface area contributed by atoms with Gasteiger partial charge in [0.25, 0.3) is 5.91 Å². The number of methoxy groups -OCH3 is 1. The molecule has 2 rings (SSSR count). The Balaban J connectivity index is 2.07. The Morgan fingerprint density at radius 2 is 2.04 bits per heavy atom. The first-order chi connectivity index (χ1) is 12.0. The van der Waals surface area contributed by atoms with Gasteiger partial charge in [-0.15, -0.1) is 0 Å². The van der Waals surface area contributed by atoms with Crippen molar-refractivity contribution in [3.8, 4) is 11.8 Å². The van der Waals surface area contributed by atoms with E-state index in [9.17, 15) is 10.1 Å². The first-order valence-electron chi connectivity index (χ1n) is 7.27. The number of nitrogens with zero attached hydrogens (tertiary/aromatic N) is 1. The van der Waals surface area contributed by atoms with Gasteiger partial charge in [0, 0.05) is 22.8 Å². The number of carbonyl (C=O) groups is 1. The molecule has 0 atom stereocenters. The fourth-order valence-electron chi connectivity index (χ4n) is 2.02. The number of hydrogen-bond acceptors (Lipinski definition) is 4. The fraction of sp³-hybridized carbons (Fsp3) is 0.111. The van der Waals surface area contributed by atoms with Gasteiger partial charge in [0.2, 0.25) is 0 Å². The molecule has 0 bridgehead atoms. The molecule has 2 aromatic rings. The zero-order chi connectivity index (χ0) is 18.2. The van der Waals surface area contributed by atoms with Crippen LogP contribution in [0.15, 0.2) is 54.2 Å². The van der Waals surface area contributed by atoms with Gasteiger partial charge < -0.3 is 15.4 Å². The van der Waals surface area contributed by atoms with Crippen LogP contribution in [0.4, 0.5) is 5.69 Å². The summed E-state index contributed by atoms with van der Waals surface area (Å²) in [6.07, 6.45) is 1.34. The maximum absolute atomic E-state index is 12.3. The summed E-state index contributed by atoms with van der Waals surface area (Å²) in [4.78, 5) is 12.3. The first-order valence-corrected chi connectivity index (χ1v) is 8.02. The van der Waals surface area contributed by atoms with Crippen LogP contribution in [0.1, 0.15) is 5.56 Å². The highest BCUT2D eigenvalue weighted by molar-refractivity contribution is 6.31. The van der Waals surface area contributed by atoms with Gasteiger partial charge in [0.1, 0.15) is 17.4 Å². The van der Waals surface area contributed by atoms with Gasteiger partial charge in [-0.05, 0) is 29.8 Å². The highest BCUT2D eigenvalue weighted by Crippen LogP contribution is 2.27. The number of nitriles is 1. The number of anilines is 1. The van der Waals surface area contributed by atoms with E-state index in [4.69, 9.17) is 27.9 Å². The standard InChI is InChI=1S/C18H15Cl2N3O2/c1-25-17-7-6-14(19)8-16(17)23-18(24)13(9-21)11-22-10-12-4-2-3-5-15(12)20/h2-8,11,22H,10H2,1H3,(H,23,24)/b13-11-. The van der Waals surface area contributed by atoms with Crippen LogP contribution in [0.2, 0.25) is 10.0 Å². The predicted molar refractivity (Wildman–Crippen MR) is 98.6 cm³/mol. The van der Waals surface area contributed by atoms with E-state index in [1.54, 1.807) is 24.3 Å². The second kappa shape index (κ2) is 8.97. The zero-order valence-corrected chi connectivity index (χ0v) is 14.9. The van der Waals surface area contributed by atoms with Crippen molar-refractivity contribution >= 4 is 34.8 Å². The van der Waals surface area contributed by atoms with Crippen LogP contribution < -0.4 is 15.4 Å². The van der Waals surface area contributed by atoms with E-state index >= 15 is 0 Å². The molecule has 0 heterocycles. The molecule has 25 heavy (non-hydrogen) atoms. The molecule has 0 aliphatic rings. The molecule has 0 saturated heterocycles. The van der Waals surface area contributed by atoms with Gasteiger partial charge in [-0.1, -0.05) is 41.4 Å². The molecule has 1 amide bonds. The van der Waals surface area contributed by atoms with Gasteiger partial charge in [-0.25, -0.2) is 0 Å². The lowest BCUT2D eigenvalue weighted by molar-refractivity contribution is -0.112. The summed E-state index contributed by atoms with van der Waals surface area (Å²) in [5.74, 6) is -0.131. The lowest BCUT2D eigenvalue weighted by atomic mass is 10.2. The van der Waals surface area contributed by atoms with Crippen LogP contribution >= 0.6 is 23.2 Å². The number of ether oxygens (including phenoxy) is 1. The van der Waals surface area contributed by atoms with Crippen molar-refractivity contribution in [1.29, 1.82) is 5.26 Å². The van der Waals surface area contributed by atoms with E-state index in [-0.39, 0.29) is 5.57 Å². The minimum atomic E-state index is -0.574. The Kier molecular flexibility index (Phi) is 6.70. The third kappa shape index (κ3) is 5.15. The van der Waals surface area contributed by atoms with Crippen molar-refractivity contribution in [2.45, 2.75) is 6.54 Å². The number of hydrogen-bond donors (Lipinski definition) is 2. The molecule has 2 aromatic carbocycles. The molecular formula is C18H15Cl2N3O2. The van der Waals surface area contributed by atoms with E-state index in [0.29, 0.717) is 28.0 Å². The fourth-order valence-corrected chi connectivity index (χ4v) is 2.40. The maximum Gasteiger partial charge on any atom is 0.267 e. The van der Waals surface area contributed by atoms with E-state index in [0.717, 1.165) is 5.56 Å². The lowest BCUT2D eigenvalue weighted by Gasteiger charge is -2.10. The normalized spacial score (nSPS) is 10.7. The minimum absolute atomic E-state index is 0.0888. The molecule has 0 aromatic heterocycles. The third-order valence-electron chi connectivity index (χ3n) is 3.27. The largest absolute Gasteiger partial charge is 0.495 e. The second-order valence-corrected chi connectivity index (χ2v) is 5.78. The lowest BCUT2D eigenvalue weighted by Crippen LogP contribution is -2.17. The number of carbonyl (C=O) groups excluding carboxylic acids is 1. The van der Waals surface area contributed by atoms with Gasteiger partial charge >= 0.3 is 0 Å². The molecule has 128 valence electrons. The minimum Gasteiger partial charge on any atom is -0.495 e. The maximum atomic E-state index is 12.3. The Hall–Kier alpha value is -2.68. The van der Waals surface area contributed by atoms with Gasteiger partial charge in [-0.2, -0.15) is 5.26 Å². The third-order valence-corrected chi connectivity index (χ3v) is 3.88. The van der Waals surface area contributed by atoms with Crippen LogP contribution in [-0.4, -0.2) is 13.0 Å². The molecule has 0 aliphatic carbocycles. The van der Waals surface area contributed by atoms with E-state index < -0.39 is 5.91 Å². The monoisotopic (exact) mass is 375 g/mol. The number of halogens is 2. The summed E-state index contributed by atoms with van der Waals surface area (Å²) in [5.41, 5.74) is 1.15. The summed E-state index contributed by atoms with van der Waals surface area (Å²) >= 11 is 12.0. The summed E-state index contributed by atoms with van der Waals surface area (Å²) < 4.78 is 5.16. The van der Waals surface area contributed by atoms with Crippen LogP contribution in [0.25, 0.3) is 0 Å². The van der Waals surface area contributed by atoms with Crippen LogP contribution in [0.5, 0.6) is 5.75 Å². The molecule has 7 heteroatoms. The molecule has 0 fully saturated rings. The van der Waals surface area contributed by atoms with Crippen molar-refractivity contribution in [2.24, 2.45) is 0 Å². The zero-order valence-electron chi connectivity index (χ0n) is 13.3. The Bertz CT molecular complexity index is 844. The van der Waals surface area contributed by atoms with Crippen molar-refractivity contribution in [3.05, 3.63) is 69.8 Å². The molecular weight excluding hydrogens is 361 g/mol. The summed E-state index contributed by atoms with van der Waals surface area (Å²) in [6, 6.07) is 14.0. The molecule has 0 radical (unpaired) electrons. The van der Waals surface area contributed by atoms with E-state index in [1.807, 2.05) is 24.3 Å². The van der Waals surface area contributed by atoms with E-state index in [1.165, 1.54) is 13.3 Å². The van der Waals surface area contributed by atoms with Crippen LogP contribution in [0.3, 0.4) is 0 Å². The summed E-state index contributed by atoms with van der Waals surface area (Å²) in [7, 11) is 1.48. The van der Waals surface area contributed by atoms with Gasteiger partial charge in [-0.3, -0.25) is 4.79 Å². The van der Waals surface area contributed by atoms with Crippen LogP contribution in [0, 0.1) is 11.3 Å². The number of rotatable bonds is 6.